The number of hydrogen-bond donors (Lipinski definition) is 1. The number of imidazole rings is 1. The molecule has 0 unspecified atom stereocenters. The van der Waals surface area contributed by atoms with Gasteiger partial charge in [-0.1, -0.05) is 6.07 Å². The molecule has 4 heterocycles. The summed E-state index contributed by atoms with van der Waals surface area (Å²) < 4.78 is 17.9. The van der Waals surface area contributed by atoms with Crippen molar-refractivity contribution in [2.75, 3.05) is 26.2 Å². The lowest BCUT2D eigenvalue weighted by Gasteiger charge is -2.35. The highest BCUT2D eigenvalue weighted by atomic mass is 16.7. The molecule has 2 aliphatic heterocycles. The van der Waals surface area contributed by atoms with Crippen LogP contribution in [0.2, 0.25) is 0 Å². The molecule has 0 radical (unpaired) electrons. The first-order valence-corrected chi connectivity index (χ1v) is 13.8. The second-order valence-corrected chi connectivity index (χ2v) is 12.6. The molecular weight excluding hydrogens is 493 g/mol. The van der Waals surface area contributed by atoms with Crippen LogP contribution in [0.4, 0.5) is 4.79 Å². The number of amides is 1. The number of fused-ring (bicyclic) bond motifs is 1. The maximum Gasteiger partial charge on any atom is 0.494 e. The molecular formula is C29H40BN5O4. The summed E-state index contributed by atoms with van der Waals surface area (Å²) >= 11 is 0. The highest BCUT2D eigenvalue weighted by molar-refractivity contribution is 6.62. The van der Waals surface area contributed by atoms with Crippen LogP contribution in [0.15, 0.2) is 36.5 Å². The van der Waals surface area contributed by atoms with Crippen molar-refractivity contribution in [1.82, 2.24) is 24.8 Å². The topological polar surface area (TPSA) is 92.8 Å². The number of H-pyrrole nitrogens is 1. The number of pyridine rings is 1. The predicted molar refractivity (Wildman–Crippen MR) is 152 cm³/mol. The molecule has 2 fully saturated rings. The number of ether oxygens (including phenoxy) is 1. The lowest BCUT2D eigenvalue weighted by Crippen LogP contribution is -2.49. The molecule has 208 valence electrons. The van der Waals surface area contributed by atoms with Crippen LogP contribution in [0.1, 0.15) is 65.5 Å². The van der Waals surface area contributed by atoms with Gasteiger partial charge in [0.1, 0.15) is 11.4 Å². The third kappa shape index (κ3) is 6.29. The minimum absolute atomic E-state index is 0.234. The van der Waals surface area contributed by atoms with E-state index in [1.54, 1.807) is 4.90 Å². The van der Waals surface area contributed by atoms with Crippen LogP contribution >= 0.6 is 0 Å². The molecule has 0 saturated carbocycles. The van der Waals surface area contributed by atoms with Crippen molar-refractivity contribution >= 4 is 29.7 Å². The summed E-state index contributed by atoms with van der Waals surface area (Å²) in [4.78, 5) is 29.3. The smallest absolute Gasteiger partial charge is 0.444 e. The van der Waals surface area contributed by atoms with E-state index in [2.05, 4.69) is 60.8 Å². The first kappa shape index (κ1) is 27.6. The second-order valence-electron chi connectivity index (χ2n) is 12.6. The zero-order valence-electron chi connectivity index (χ0n) is 24.2. The van der Waals surface area contributed by atoms with E-state index in [1.165, 1.54) is 5.56 Å². The van der Waals surface area contributed by atoms with Gasteiger partial charge in [0.15, 0.2) is 0 Å². The van der Waals surface area contributed by atoms with Crippen LogP contribution in [0, 0.1) is 0 Å². The number of benzene rings is 1. The van der Waals surface area contributed by atoms with Crippen LogP contribution in [-0.4, -0.2) is 80.9 Å². The van der Waals surface area contributed by atoms with E-state index < -0.39 is 12.7 Å². The van der Waals surface area contributed by atoms with Gasteiger partial charge in [0.05, 0.1) is 22.2 Å². The van der Waals surface area contributed by atoms with E-state index >= 15 is 0 Å². The molecule has 1 N–H and O–H groups in total. The Kier molecular flexibility index (Phi) is 7.24. The average molecular weight is 533 g/mol. The monoisotopic (exact) mass is 533 g/mol. The number of aromatic nitrogens is 3. The number of carbonyl (C=O) groups is 1. The first-order chi connectivity index (χ1) is 18.3. The van der Waals surface area contributed by atoms with Crippen molar-refractivity contribution in [3.63, 3.8) is 0 Å². The highest BCUT2D eigenvalue weighted by Crippen LogP contribution is 2.36. The van der Waals surface area contributed by atoms with Gasteiger partial charge < -0.3 is 23.9 Å². The third-order valence-electron chi connectivity index (χ3n) is 7.74. The van der Waals surface area contributed by atoms with Gasteiger partial charge in [0.2, 0.25) is 0 Å². The van der Waals surface area contributed by atoms with E-state index in [4.69, 9.17) is 19.0 Å². The normalized spacial score (nSPS) is 19.6. The molecule has 1 aromatic carbocycles. The van der Waals surface area contributed by atoms with Gasteiger partial charge in [-0.3, -0.25) is 9.88 Å². The molecule has 2 aliphatic rings. The summed E-state index contributed by atoms with van der Waals surface area (Å²) in [5.74, 6) is 0.867. The molecule has 0 atom stereocenters. The largest absolute Gasteiger partial charge is 0.494 e. The fourth-order valence-corrected chi connectivity index (χ4v) is 4.86. The van der Waals surface area contributed by atoms with Crippen molar-refractivity contribution in [3.05, 3.63) is 53.6 Å². The standard InChI is InChI=1S/C29H40BN5O4/c1-27(2,3)37-26(36)35-14-12-34(13-15-35)19-20-10-11-31-22(16-20)18-25-32-23-9-8-21(17-24(23)33-25)30-38-28(4,5)29(6,7)39-30/h8-11,16-17H,12-15,18-19H2,1-7H3,(H,32,33). The van der Waals surface area contributed by atoms with E-state index in [9.17, 15) is 4.79 Å². The summed E-state index contributed by atoms with van der Waals surface area (Å²) in [5, 5.41) is 0. The van der Waals surface area contributed by atoms with Crippen molar-refractivity contribution in [1.29, 1.82) is 0 Å². The molecule has 0 aliphatic carbocycles. The van der Waals surface area contributed by atoms with Crippen LogP contribution in [0.5, 0.6) is 0 Å². The molecule has 10 heteroatoms. The number of nitrogens with one attached hydrogen (secondary N) is 1. The molecule has 1 amide bonds. The van der Waals surface area contributed by atoms with Gasteiger partial charge in [0.25, 0.3) is 0 Å². The predicted octanol–water partition coefficient (Wildman–Crippen LogP) is 3.90. The second kappa shape index (κ2) is 10.2. The molecule has 0 spiro atoms. The Hall–Kier alpha value is -2.95. The zero-order chi connectivity index (χ0) is 28.0. The fraction of sp³-hybridized carbons (Fsp3) is 0.552. The lowest BCUT2D eigenvalue weighted by molar-refractivity contribution is 0.00578. The molecule has 39 heavy (non-hydrogen) atoms. The summed E-state index contributed by atoms with van der Waals surface area (Å²) in [5.41, 5.74) is 3.76. The summed E-state index contributed by atoms with van der Waals surface area (Å²) in [6.07, 6.45) is 2.24. The molecule has 5 rings (SSSR count). The van der Waals surface area contributed by atoms with E-state index in [0.717, 1.165) is 47.6 Å². The Balaban J connectivity index is 1.20. The summed E-state index contributed by atoms with van der Waals surface area (Å²) in [7, 11) is -0.407. The van der Waals surface area contributed by atoms with Crippen molar-refractivity contribution < 1.29 is 18.8 Å². The van der Waals surface area contributed by atoms with Gasteiger partial charge in [-0.15, -0.1) is 0 Å². The van der Waals surface area contributed by atoms with Gasteiger partial charge in [-0.2, -0.15) is 0 Å². The summed E-state index contributed by atoms with van der Waals surface area (Å²) in [6.45, 7) is 17.7. The Morgan fingerprint density at radius 2 is 1.74 bits per heavy atom. The lowest BCUT2D eigenvalue weighted by atomic mass is 9.79. The van der Waals surface area contributed by atoms with Crippen molar-refractivity contribution in [2.45, 2.75) is 78.2 Å². The van der Waals surface area contributed by atoms with Gasteiger partial charge in [-0.25, -0.2) is 9.78 Å². The number of nitrogens with zero attached hydrogens (tertiary/aromatic N) is 4. The number of carbonyl (C=O) groups excluding carboxylic acids is 1. The molecule has 2 aromatic heterocycles. The Morgan fingerprint density at radius 1 is 1.05 bits per heavy atom. The first-order valence-electron chi connectivity index (χ1n) is 13.8. The van der Waals surface area contributed by atoms with Gasteiger partial charge in [-0.05, 0) is 83.8 Å². The van der Waals surface area contributed by atoms with Gasteiger partial charge in [0, 0.05) is 51.0 Å². The Labute approximate surface area is 231 Å². The average Bonchev–Trinajstić information content (AvgIpc) is 3.33. The number of aromatic amines is 1. The fourth-order valence-electron chi connectivity index (χ4n) is 4.86. The maximum absolute atomic E-state index is 12.4. The minimum atomic E-state index is -0.475. The molecule has 2 saturated heterocycles. The highest BCUT2D eigenvalue weighted by Gasteiger charge is 2.51. The third-order valence-corrected chi connectivity index (χ3v) is 7.74. The van der Waals surface area contributed by atoms with Crippen molar-refractivity contribution in [2.24, 2.45) is 0 Å². The van der Waals surface area contributed by atoms with Crippen LogP contribution in [0.25, 0.3) is 11.0 Å². The number of piperazine rings is 1. The molecule has 0 bridgehead atoms. The minimum Gasteiger partial charge on any atom is -0.444 e. The van der Waals surface area contributed by atoms with E-state index in [-0.39, 0.29) is 17.3 Å². The van der Waals surface area contributed by atoms with Crippen LogP contribution in [0.3, 0.4) is 0 Å². The maximum atomic E-state index is 12.4. The van der Waals surface area contributed by atoms with Crippen molar-refractivity contribution in [3.8, 4) is 0 Å². The number of hydrogen-bond acceptors (Lipinski definition) is 7. The van der Waals surface area contributed by atoms with E-state index in [0.29, 0.717) is 19.5 Å². The quantitative estimate of drug-likeness (QED) is 0.498. The van der Waals surface area contributed by atoms with Crippen LogP contribution in [-0.2, 0) is 27.0 Å². The van der Waals surface area contributed by atoms with Crippen LogP contribution < -0.4 is 5.46 Å². The summed E-state index contributed by atoms with van der Waals surface area (Å²) in [6, 6.07) is 10.3. The molecule has 9 nitrogen and oxygen atoms in total. The van der Waals surface area contributed by atoms with Gasteiger partial charge >= 0.3 is 13.2 Å². The Morgan fingerprint density at radius 3 is 2.41 bits per heavy atom. The molecule has 3 aromatic rings. The zero-order valence-corrected chi connectivity index (χ0v) is 24.2. The van der Waals surface area contributed by atoms with E-state index in [1.807, 2.05) is 39.1 Å². The SMILES string of the molecule is CC(C)(C)OC(=O)N1CCN(Cc2ccnc(Cc3nc4ccc(B5OC(C)(C)C(C)(C)O5)cc4[nH]3)c2)CC1. The number of rotatable bonds is 5. The Bertz CT molecular complexity index is 1320.